The van der Waals surface area contributed by atoms with Gasteiger partial charge < -0.3 is 14.2 Å². The van der Waals surface area contributed by atoms with Gasteiger partial charge in [0.1, 0.15) is 5.01 Å². The molecule has 122 valence electrons. The van der Waals surface area contributed by atoms with Gasteiger partial charge in [-0.05, 0) is 32.0 Å². The van der Waals surface area contributed by atoms with Crippen molar-refractivity contribution in [2.75, 3.05) is 19.9 Å². The predicted octanol–water partition coefficient (Wildman–Crippen LogP) is 3.15. The molecule has 5 nitrogen and oxygen atoms in total. The fraction of sp³-hybridized carbons (Fsp3) is 0.471. The molecule has 0 N–H and O–H groups in total. The van der Waals surface area contributed by atoms with Crippen molar-refractivity contribution < 1.29 is 14.2 Å². The zero-order valence-electron chi connectivity index (χ0n) is 13.3. The van der Waals surface area contributed by atoms with Gasteiger partial charge in [0.25, 0.3) is 0 Å². The van der Waals surface area contributed by atoms with Gasteiger partial charge in [0.05, 0.1) is 17.9 Å². The molecular weight excluding hydrogens is 312 g/mol. The van der Waals surface area contributed by atoms with E-state index in [4.69, 9.17) is 19.2 Å². The highest BCUT2D eigenvalue weighted by Crippen LogP contribution is 2.36. The van der Waals surface area contributed by atoms with E-state index in [0.29, 0.717) is 6.79 Å². The Labute approximate surface area is 139 Å². The fourth-order valence-electron chi connectivity index (χ4n) is 3.18. The average Bonchev–Trinajstić information content (AvgIpc) is 3.14. The molecule has 2 aliphatic rings. The molecule has 2 atom stereocenters. The third-order valence-electron chi connectivity index (χ3n) is 4.05. The molecule has 0 aliphatic carbocycles. The summed E-state index contributed by atoms with van der Waals surface area (Å²) >= 11 is 1.67. The van der Waals surface area contributed by atoms with Crippen molar-refractivity contribution in [3.8, 4) is 22.1 Å². The number of benzene rings is 1. The van der Waals surface area contributed by atoms with Crippen LogP contribution in [0.25, 0.3) is 10.6 Å². The van der Waals surface area contributed by atoms with E-state index < -0.39 is 0 Å². The Morgan fingerprint density at radius 3 is 2.78 bits per heavy atom. The number of thiazole rings is 1. The standard InChI is InChI=1S/C17H20N2O3S/c1-11-6-19(7-12(2)22-11)8-14-9-23-17(18-14)13-3-4-15-16(5-13)21-10-20-15/h3-5,9,11-12H,6-8,10H2,1-2H3. The molecular formula is C17H20N2O3S. The molecule has 0 bridgehead atoms. The van der Waals surface area contributed by atoms with E-state index >= 15 is 0 Å². The van der Waals surface area contributed by atoms with Crippen LogP contribution in [0.3, 0.4) is 0 Å². The van der Waals surface area contributed by atoms with E-state index in [9.17, 15) is 0 Å². The predicted molar refractivity (Wildman–Crippen MR) is 89.0 cm³/mol. The largest absolute Gasteiger partial charge is 0.454 e. The van der Waals surface area contributed by atoms with Crippen LogP contribution in [0.15, 0.2) is 23.6 Å². The molecule has 2 unspecified atom stereocenters. The van der Waals surface area contributed by atoms with Gasteiger partial charge in [-0.1, -0.05) is 0 Å². The van der Waals surface area contributed by atoms with Crippen molar-refractivity contribution in [3.63, 3.8) is 0 Å². The van der Waals surface area contributed by atoms with Gasteiger partial charge in [-0.3, -0.25) is 4.90 Å². The van der Waals surface area contributed by atoms with Crippen molar-refractivity contribution in [3.05, 3.63) is 29.3 Å². The van der Waals surface area contributed by atoms with E-state index in [1.165, 1.54) is 0 Å². The van der Waals surface area contributed by atoms with E-state index in [1.54, 1.807) is 11.3 Å². The highest BCUT2D eigenvalue weighted by Gasteiger charge is 2.23. The van der Waals surface area contributed by atoms with E-state index in [0.717, 1.165) is 47.4 Å². The molecule has 0 saturated carbocycles. The first-order chi connectivity index (χ1) is 11.2. The third-order valence-corrected chi connectivity index (χ3v) is 4.99. The quantitative estimate of drug-likeness (QED) is 0.864. The Bertz CT molecular complexity index is 693. The van der Waals surface area contributed by atoms with Crippen molar-refractivity contribution in [1.82, 2.24) is 9.88 Å². The van der Waals surface area contributed by atoms with Crippen molar-refractivity contribution in [1.29, 1.82) is 0 Å². The summed E-state index contributed by atoms with van der Waals surface area (Å²) in [6, 6.07) is 5.99. The molecule has 23 heavy (non-hydrogen) atoms. The highest BCUT2D eigenvalue weighted by molar-refractivity contribution is 7.13. The Morgan fingerprint density at radius 1 is 1.17 bits per heavy atom. The molecule has 6 heteroatoms. The second-order valence-corrected chi connectivity index (χ2v) is 7.02. The summed E-state index contributed by atoms with van der Waals surface area (Å²) in [6.07, 6.45) is 0.566. The van der Waals surface area contributed by atoms with Gasteiger partial charge >= 0.3 is 0 Å². The van der Waals surface area contributed by atoms with Crippen molar-refractivity contribution in [2.24, 2.45) is 0 Å². The first kappa shape index (κ1) is 14.9. The fourth-order valence-corrected chi connectivity index (χ4v) is 3.99. The number of nitrogens with zero attached hydrogens (tertiary/aromatic N) is 2. The monoisotopic (exact) mass is 332 g/mol. The summed E-state index contributed by atoms with van der Waals surface area (Å²) in [4.78, 5) is 7.20. The van der Waals surface area contributed by atoms with Crippen LogP contribution < -0.4 is 9.47 Å². The number of fused-ring (bicyclic) bond motifs is 1. The van der Waals surface area contributed by atoms with E-state index in [2.05, 4.69) is 24.1 Å². The lowest BCUT2D eigenvalue weighted by molar-refractivity contribution is -0.0707. The molecule has 2 aliphatic heterocycles. The van der Waals surface area contributed by atoms with Crippen LogP contribution in [-0.2, 0) is 11.3 Å². The molecule has 1 aromatic heterocycles. The number of morpholine rings is 1. The summed E-state index contributed by atoms with van der Waals surface area (Å²) in [5, 5.41) is 3.16. The Morgan fingerprint density at radius 2 is 1.96 bits per heavy atom. The molecule has 3 heterocycles. The van der Waals surface area contributed by atoms with Crippen LogP contribution in [0.2, 0.25) is 0 Å². The number of rotatable bonds is 3. The number of aromatic nitrogens is 1. The minimum atomic E-state index is 0.283. The first-order valence-electron chi connectivity index (χ1n) is 7.89. The summed E-state index contributed by atoms with van der Waals surface area (Å²) in [6.45, 7) is 7.35. The molecule has 1 saturated heterocycles. The van der Waals surface area contributed by atoms with Crippen LogP contribution in [0.4, 0.5) is 0 Å². The second-order valence-electron chi connectivity index (χ2n) is 6.16. The second kappa shape index (κ2) is 6.11. The lowest BCUT2D eigenvalue weighted by Crippen LogP contribution is -2.44. The van der Waals surface area contributed by atoms with Gasteiger partial charge in [-0.2, -0.15) is 0 Å². The van der Waals surface area contributed by atoms with Gasteiger partial charge in [-0.15, -0.1) is 11.3 Å². The number of ether oxygens (including phenoxy) is 3. The van der Waals surface area contributed by atoms with Crippen LogP contribution in [0.1, 0.15) is 19.5 Å². The summed E-state index contributed by atoms with van der Waals surface area (Å²) in [5.74, 6) is 1.61. The Balaban J connectivity index is 1.48. The Kier molecular flexibility index (Phi) is 3.97. The molecule has 0 radical (unpaired) electrons. The van der Waals surface area contributed by atoms with Gasteiger partial charge in [0, 0.05) is 30.6 Å². The van der Waals surface area contributed by atoms with Crippen LogP contribution >= 0.6 is 11.3 Å². The zero-order chi connectivity index (χ0) is 15.8. The molecule has 1 fully saturated rings. The van der Waals surface area contributed by atoms with Crippen LogP contribution in [0, 0.1) is 0 Å². The van der Waals surface area contributed by atoms with Crippen molar-refractivity contribution in [2.45, 2.75) is 32.6 Å². The third kappa shape index (κ3) is 3.20. The maximum absolute atomic E-state index is 5.79. The summed E-state index contributed by atoms with van der Waals surface area (Å²) in [7, 11) is 0. The van der Waals surface area contributed by atoms with Crippen molar-refractivity contribution >= 4 is 11.3 Å². The maximum atomic E-state index is 5.79. The average molecular weight is 332 g/mol. The van der Waals surface area contributed by atoms with Crippen LogP contribution in [-0.4, -0.2) is 42.0 Å². The molecule has 2 aromatic rings. The summed E-state index contributed by atoms with van der Waals surface area (Å²) in [5.41, 5.74) is 2.19. The van der Waals surface area contributed by atoms with E-state index in [-0.39, 0.29) is 12.2 Å². The molecule has 0 spiro atoms. The first-order valence-corrected chi connectivity index (χ1v) is 8.77. The topological polar surface area (TPSA) is 43.8 Å². The van der Waals surface area contributed by atoms with Gasteiger partial charge in [0.2, 0.25) is 6.79 Å². The lowest BCUT2D eigenvalue weighted by atomic mass is 10.2. The Hall–Kier alpha value is -1.63. The lowest BCUT2D eigenvalue weighted by Gasteiger charge is -2.34. The maximum Gasteiger partial charge on any atom is 0.231 e. The van der Waals surface area contributed by atoms with E-state index in [1.807, 2.05) is 18.2 Å². The molecule has 0 amide bonds. The SMILES string of the molecule is CC1CN(Cc2csc(-c3ccc4c(c3)OCO4)n2)CC(C)O1. The van der Waals surface area contributed by atoms with Crippen LogP contribution in [0.5, 0.6) is 11.5 Å². The minimum absolute atomic E-state index is 0.283. The smallest absolute Gasteiger partial charge is 0.231 e. The summed E-state index contributed by atoms with van der Waals surface area (Å²) < 4.78 is 16.6. The van der Waals surface area contributed by atoms with Gasteiger partial charge in [0.15, 0.2) is 11.5 Å². The zero-order valence-corrected chi connectivity index (χ0v) is 14.1. The molecule has 1 aromatic carbocycles. The van der Waals surface area contributed by atoms with Gasteiger partial charge in [-0.25, -0.2) is 4.98 Å². The number of hydrogen-bond donors (Lipinski definition) is 0. The molecule has 4 rings (SSSR count). The normalized spacial score (nSPS) is 24.1. The number of hydrogen-bond acceptors (Lipinski definition) is 6. The minimum Gasteiger partial charge on any atom is -0.454 e. The highest BCUT2D eigenvalue weighted by atomic mass is 32.1.